The van der Waals surface area contributed by atoms with Crippen LogP contribution in [-0.2, 0) is 0 Å². The molecule has 1 heteroatoms. The average Bonchev–Trinajstić information content (AvgIpc) is 2.17. The first-order valence-corrected chi connectivity index (χ1v) is 4.09. The van der Waals surface area contributed by atoms with E-state index in [-0.39, 0.29) is 0 Å². The Kier molecular flexibility index (Phi) is 1.66. The van der Waals surface area contributed by atoms with Gasteiger partial charge in [-0.3, -0.25) is 4.90 Å². The molecule has 0 saturated heterocycles. The van der Waals surface area contributed by atoms with Gasteiger partial charge in [-0.2, -0.15) is 0 Å². The van der Waals surface area contributed by atoms with Gasteiger partial charge in [0, 0.05) is 13.1 Å². The van der Waals surface area contributed by atoms with Crippen molar-refractivity contribution in [1.29, 1.82) is 0 Å². The Morgan fingerprint density at radius 3 is 3.09 bits per heavy atom. The molecule has 0 amide bonds. The third-order valence-corrected chi connectivity index (χ3v) is 2.26. The van der Waals surface area contributed by atoms with Crippen molar-refractivity contribution in [2.45, 2.75) is 6.42 Å². The lowest BCUT2D eigenvalue weighted by molar-refractivity contribution is 0.425. The van der Waals surface area contributed by atoms with Crippen LogP contribution < -0.4 is 0 Å². The van der Waals surface area contributed by atoms with Crippen LogP contribution in [0.4, 0.5) is 0 Å². The standard InChI is InChI=1S/C10H13N/c1-11-7-9-5-3-2-4-6-10(9)8-11/h2-5H,6-8H2,1H3. The van der Waals surface area contributed by atoms with Gasteiger partial charge >= 0.3 is 0 Å². The monoisotopic (exact) mass is 147 g/mol. The summed E-state index contributed by atoms with van der Waals surface area (Å²) in [6.45, 7) is 2.29. The molecule has 58 valence electrons. The molecule has 1 heterocycles. The lowest BCUT2D eigenvalue weighted by Crippen LogP contribution is -2.14. The zero-order valence-corrected chi connectivity index (χ0v) is 6.88. The van der Waals surface area contributed by atoms with Crippen LogP contribution in [0.1, 0.15) is 6.42 Å². The van der Waals surface area contributed by atoms with E-state index in [1.165, 1.54) is 5.57 Å². The molecule has 2 rings (SSSR count). The summed E-state index contributed by atoms with van der Waals surface area (Å²) >= 11 is 0. The largest absolute Gasteiger partial charge is 0.298 e. The zero-order valence-electron chi connectivity index (χ0n) is 6.88. The SMILES string of the molecule is CN1CC2=C(CC=CC=C2)C1. The van der Waals surface area contributed by atoms with E-state index < -0.39 is 0 Å². The van der Waals surface area contributed by atoms with Gasteiger partial charge in [0.05, 0.1) is 0 Å². The van der Waals surface area contributed by atoms with Gasteiger partial charge in [0.2, 0.25) is 0 Å². The fourth-order valence-corrected chi connectivity index (χ4v) is 1.71. The maximum Gasteiger partial charge on any atom is 0.0234 e. The molecule has 0 aromatic carbocycles. The summed E-state index contributed by atoms with van der Waals surface area (Å²) in [4.78, 5) is 2.36. The van der Waals surface area contributed by atoms with E-state index in [2.05, 4.69) is 36.3 Å². The molecule has 0 unspecified atom stereocenters. The molecule has 1 aliphatic heterocycles. The van der Waals surface area contributed by atoms with Crippen molar-refractivity contribution in [3.63, 3.8) is 0 Å². The Bertz CT molecular complexity index is 246. The van der Waals surface area contributed by atoms with Crippen LogP contribution in [0.15, 0.2) is 35.5 Å². The van der Waals surface area contributed by atoms with Gasteiger partial charge in [0.1, 0.15) is 0 Å². The summed E-state index contributed by atoms with van der Waals surface area (Å²) in [6.07, 6.45) is 9.90. The molecular weight excluding hydrogens is 134 g/mol. The Morgan fingerprint density at radius 2 is 2.18 bits per heavy atom. The molecule has 0 N–H and O–H groups in total. The predicted molar refractivity (Wildman–Crippen MR) is 47.4 cm³/mol. The Balaban J connectivity index is 2.24. The van der Waals surface area contributed by atoms with Gasteiger partial charge < -0.3 is 0 Å². The molecule has 1 nitrogen and oxygen atoms in total. The van der Waals surface area contributed by atoms with Crippen LogP contribution in [0.2, 0.25) is 0 Å². The van der Waals surface area contributed by atoms with E-state index in [4.69, 9.17) is 0 Å². The van der Waals surface area contributed by atoms with Crippen LogP contribution in [0, 0.1) is 0 Å². The van der Waals surface area contributed by atoms with Crippen LogP contribution >= 0.6 is 0 Å². The number of allylic oxidation sites excluding steroid dienone is 3. The van der Waals surface area contributed by atoms with Crippen molar-refractivity contribution in [1.82, 2.24) is 4.90 Å². The second-order valence-corrected chi connectivity index (χ2v) is 3.29. The second kappa shape index (κ2) is 2.67. The third kappa shape index (κ3) is 1.29. The first-order valence-electron chi connectivity index (χ1n) is 4.09. The fraction of sp³-hybridized carbons (Fsp3) is 0.400. The smallest absolute Gasteiger partial charge is 0.0234 e. The fourth-order valence-electron chi connectivity index (χ4n) is 1.71. The van der Waals surface area contributed by atoms with Gasteiger partial charge in [0.25, 0.3) is 0 Å². The third-order valence-electron chi connectivity index (χ3n) is 2.26. The van der Waals surface area contributed by atoms with Crippen LogP contribution in [0.25, 0.3) is 0 Å². The molecule has 0 aromatic rings. The normalized spacial score (nSPS) is 24.1. The number of rotatable bonds is 0. The highest BCUT2D eigenvalue weighted by Crippen LogP contribution is 2.22. The van der Waals surface area contributed by atoms with Gasteiger partial charge in [-0.05, 0) is 24.6 Å². The van der Waals surface area contributed by atoms with E-state index >= 15 is 0 Å². The molecule has 2 aliphatic rings. The van der Waals surface area contributed by atoms with Crippen LogP contribution in [-0.4, -0.2) is 25.0 Å². The van der Waals surface area contributed by atoms with Gasteiger partial charge in [0.15, 0.2) is 0 Å². The minimum Gasteiger partial charge on any atom is -0.298 e. The summed E-state index contributed by atoms with van der Waals surface area (Å²) in [6, 6.07) is 0. The van der Waals surface area contributed by atoms with Gasteiger partial charge in [-0.25, -0.2) is 0 Å². The molecule has 0 spiro atoms. The van der Waals surface area contributed by atoms with E-state index in [9.17, 15) is 0 Å². The zero-order chi connectivity index (χ0) is 7.68. The highest BCUT2D eigenvalue weighted by molar-refractivity contribution is 5.37. The van der Waals surface area contributed by atoms with E-state index in [1.54, 1.807) is 5.57 Å². The van der Waals surface area contributed by atoms with Crippen LogP contribution in [0.3, 0.4) is 0 Å². The molecule has 1 aliphatic carbocycles. The van der Waals surface area contributed by atoms with Crippen molar-refractivity contribution in [3.05, 3.63) is 35.5 Å². The maximum absolute atomic E-state index is 2.36. The quantitative estimate of drug-likeness (QED) is 0.504. The Labute approximate surface area is 67.7 Å². The number of hydrogen-bond acceptors (Lipinski definition) is 1. The van der Waals surface area contributed by atoms with Crippen LogP contribution in [0.5, 0.6) is 0 Å². The molecular formula is C10H13N. The number of likely N-dealkylation sites (N-methyl/N-ethyl adjacent to an activating group) is 1. The lowest BCUT2D eigenvalue weighted by atomic mass is 10.1. The Morgan fingerprint density at radius 1 is 1.27 bits per heavy atom. The average molecular weight is 147 g/mol. The molecule has 0 fully saturated rings. The summed E-state index contributed by atoms with van der Waals surface area (Å²) in [5.74, 6) is 0. The topological polar surface area (TPSA) is 3.24 Å². The summed E-state index contributed by atoms with van der Waals surface area (Å²) in [5.41, 5.74) is 3.12. The maximum atomic E-state index is 2.36. The highest BCUT2D eigenvalue weighted by atomic mass is 15.1. The lowest BCUT2D eigenvalue weighted by Gasteiger charge is -2.05. The van der Waals surface area contributed by atoms with E-state index in [0.717, 1.165) is 19.5 Å². The highest BCUT2D eigenvalue weighted by Gasteiger charge is 2.15. The minimum atomic E-state index is 1.13. The summed E-state index contributed by atoms with van der Waals surface area (Å²) < 4.78 is 0. The molecule has 0 radical (unpaired) electrons. The molecule has 0 aromatic heterocycles. The first-order chi connectivity index (χ1) is 5.36. The number of hydrogen-bond donors (Lipinski definition) is 0. The molecule has 11 heavy (non-hydrogen) atoms. The molecule has 0 bridgehead atoms. The van der Waals surface area contributed by atoms with Crippen molar-refractivity contribution in [2.24, 2.45) is 0 Å². The van der Waals surface area contributed by atoms with Crippen molar-refractivity contribution in [2.75, 3.05) is 20.1 Å². The minimum absolute atomic E-state index is 1.13. The van der Waals surface area contributed by atoms with E-state index in [1.807, 2.05) is 0 Å². The van der Waals surface area contributed by atoms with Crippen molar-refractivity contribution >= 4 is 0 Å². The van der Waals surface area contributed by atoms with E-state index in [0.29, 0.717) is 0 Å². The van der Waals surface area contributed by atoms with Gasteiger partial charge in [-0.1, -0.05) is 24.3 Å². The number of nitrogens with zero attached hydrogens (tertiary/aromatic N) is 1. The Hall–Kier alpha value is -0.820. The summed E-state index contributed by atoms with van der Waals surface area (Å²) in [7, 11) is 2.17. The molecule has 0 saturated carbocycles. The first kappa shape index (κ1) is 6.86. The summed E-state index contributed by atoms with van der Waals surface area (Å²) in [5, 5.41) is 0. The van der Waals surface area contributed by atoms with Crippen molar-refractivity contribution < 1.29 is 0 Å². The van der Waals surface area contributed by atoms with Crippen molar-refractivity contribution in [3.8, 4) is 0 Å². The second-order valence-electron chi connectivity index (χ2n) is 3.29. The molecule has 0 atom stereocenters. The van der Waals surface area contributed by atoms with Gasteiger partial charge in [-0.15, -0.1) is 0 Å². The predicted octanol–water partition coefficient (Wildman–Crippen LogP) is 1.74.